The Kier molecular flexibility index (Phi) is 5.21. The van der Waals surface area contributed by atoms with Gasteiger partial charge >= 0.3 is 0 Å². The molecular formula is C21H18ClFN2O2. The van der Waals surface area contributed by atoms with Crippen LogP contribution in [0, 0.1) is 11.7 Å². The molecule has 0 atom stereocenters. The van der Waals surface area contributed by atoms with Crippen LogP contribution in [0.5, 0.6) is 0 Å². The molecule has 0 N–H and O–H groups in total. The third-order valence-corrected chi connectivity index (χ3v) is 4.64. The molecule has 1 heterocycles. The molecule has 2 aromatic carbocycles. The zero-order valence-electron chi connectivity index (χ0n) is 14.6. The van der Waals surface area contributed by atoms with Crippen molar-refractivity contribution in [2.24, 2.45) is 11.1 Å². The second-order valence-electron chi connectivity index (χ2n) is 6.62. The molecule has 3 aromatic rings. The number of benzene rings is 2. The lowest BCUT2D eigenvalue weighted by Gasteiger charge is -2.06. The van der Waals surface area contributed by atoms with Gasteiger partial charge in [0, 0.05) is 10.6 Å². The molecule has 0 saturated heterocycles. The number of aromatic nitrogens is 1. The Morgan fingerprint density at radius 2 is 1.89 bits per heavy atom. The van der Waals surface area contributed by atoms with Gasteiger partial charge in [0.05, 0.1) is 5.71 Å². The third-order valence-electron chi connectivity index (χ3n) is 4.39. The molecule has 1 aliphatic rings. The van der Waals surface area contributed by atoms with Gasteiger partial charge in [0.15, 0.2) is 6.61 Å². The summed E-state index contributed by atoms with van der Waals surface area (Å²) in [5, 5.41) is 5.03. The van der Waals surface area contributed by atoms with E-state index in [1.807, 2.05) is 24.3 Å². The second kappa shape index (κ2) is 7.92. The molecule has 0 amide bonds. The lowest BCUT2D eigenvalue weighted by atomic mass is 10.1. The number of oxazole rings is 1. The maximum atomic E-state index is 13.0. The summed E-state index contributed by atoms with van der Waals surface area (Å²) < 4.78 is 18.5. The number of rotatable bonds is 7. The van der Waals surface area contributed by atoms with Crippen LogP contribution in [0.15, 0.2) is 64.4 Å². The van der Waals surface area contributed by atoms with E-state index in [2.05, 4.69) is 10.1 Å². The minimum atomic E-state index is -0.298. The average Bonchev–Trinajstić information content (AvgIpc) is 3.37. The van der Waals surface area contributed by atoms with Crippen molar-refractivity contribution in [3.8, 4) is 11.5 Å². The van der Waals surface area contributed by atoms with E-state index < -0.39 is 0 Å². The highest BCUT2D eigenvalue weighted by atomic mass is 35.5. The van der Waals surface area contributed by atoms with E-state index in [4.69, 9.17) is 20.9 Å². The monoisotopic (exact) mass is 384 g/mol. The molecule has 1 saturated carbocycles. The van der Waals surface area contributed by atoms with Crippen LogP contribution in [0.1, 0.15) is 30.5 Å². The first-order valence-corrected chi connectivity index (χ1v) is 9.20. The first-order chi connectivity index (χ1) is 13.2. The Morgan fingerprint density at radius 1 is 1.15 bits per heavy atom. The summed E-state index contributed by atoms with van der Waals surface area (Å²) in [6.07, 6.45) is 4.88. The van der Waals surface area contributed by atoms with Crippen LogP contribution < -0.4 is 0 Å². The van der Waals surface area contributed by atoms with Gasteiger partial charge in [-0.05, 0) is 67.1 Å². The Balaban J connectivity index is 1.43. The minimum Gasteiger partial charge on any atom is -0.444 e. The summed E-state index contributed by atoms with van der Waals surface area (Å²) in [5.74, 6) is 0.808. The van der Waals surface area contributed by atoms with E-state index >= 15 is 0 Å². The maximum absolute atomic E-state index is 13.0. The lowest BCUT2D eigenvalue weighted by Crippen LogP contribution is -2.03. The highest BCUT2D eigenvalue weighted by molar-refractivity contribution is 6.30. The summed E-state index contributed by atoms with van der Waals surface area (Å²) >= 11 is 5.97. The first kappa shape index (κ1) is 17.7. The molecule has 0 bridgehead atoms. The van der Waals surface area contributed by atoms with Crippen LogP contribution >= 0.6 is 11.6 Å². The third kappa shape index (κ3) is 4.74. The van der Waals surface area contributed by atoms with E-state index in [1.165, 1.54) is 31.2 Å². The molecule has 27 heavy (non-hydrogen) atoms. The quantitative estimate of drug-likeness (QED) is 0.379. The van der Waals surface area contributed by atoms with Crippen molar-refractivity contribution in [1.82, 2.24) is 4.98 Å². The molecule has 138 valence electrons. The number of oxime groups is 1. The zero-order chi connectivity index (χ0) is 18.6. The summed E-state index contributed by atoms with van der Waals surface area (Å²) in [5.41, 5.74) is 3.26. The predicted octanol–water partition coefficient (Wildman–Crippen LogP) is 5.86. The van der Waals surface area contributed by atoms with E-state index in [9.17, 15) is 4.39 Å². The fourth-order valence-electron chi connectivity index (χ4n) is 2.72. The molecule has 0 spiro atoms. The van der Waals surface area contributed by atoms with Gasteiger partial charge in [0.2, 0.25) is 5.89 Å². The second-order valence-corrected chi connectivity index (χ2v) is 7.05. The number of halogens is 2. The molecule has 1 aliphatic carbocycles. The van der Waals surface area contributed by atoms with Crippen LogP contribution in [-0.4, -0.2) is 10.7 Å². The Hall–Kier alpha value is -2.66. The fraction of sp³-hybridized carbons (Fsp3) is 0.238. The van der Waals surface area contributed by atoms with Gasteiger partial charge < -0.3 is 9.25 Å². The predicted molar refractivity (Wildman–Crippen MR) is 102 cm³/mol. The van der Waals surface area contributed by atoms with Crippen molar-refractivity contribution in [3.63, 3.8) is 0 Å². The zero-order valence-corrected chi connectivity index (χ0v) is 15.3. The van der Waals surface area contributed by atoms with Crippen molar-refractivity contribution >= 4 is 17.3 Å². The highest BCUT2D eigenvalue weighted by Crippen LogP contribution is 2.34. The normalized spacial score (nSPS) is 14.4. The van der Waals surface area contributed by atoms with Crippen LogP contribution in [0.3, 0.4) is 0 Å². The Bertz CT molecular complexity index is 932. The standard InChI is InChI=1S/C21H18ClFN2O2/c22-17-7-3-15(4-8-17)20(11-14-1-2-14)25-27-13-19-12-26-21(24-19)16-5-9-18(23)10-6-16/h3-10,12,14H,1-2,11,13H2. The van der Waals surface area contributed by atoms with Crippen molar-refractivity contribution < 1.29 is 13.6 Å². The van der Waals surface area contributed by atoms with Gasteiger partial charge in [-0.3, -0.25) is 0 Å². The van der Waals surface area contributed by atoms with Crippen molar-refractivity contribution in [2.45, 2.75) is 25.9 Å². The van der Waals surface area contributed by atoms with Gasteiger partial charge in [0.1, 0.15) is 17.8 Å². The summed E-state index contributed by atoms with van der Waals surface area (Å²) in [4.78, 5) is 9.90. The van der Waals surface area contributed by atoms with Crippen LogP contribution in [0.2, 0.25) is 5.02 Å². The van der Waals surface area contributed by atoms with Gasteiger partial charge in [-0.2, -0.15) is 0 Å². The van der Waals surface area contributed by atoms with Crippen LogP contribution in [0.25, 0.3) is 11.5 Å². The summed E-state index contributed by atoms with van der Waals surface area (Å²) in [6.45, 7) is 0.201. The van der Waals surface area contributed by atoms with E-state index in [1.54, 1.807) is 12.1 Å². The smallest absolute Gasteiger partial charge is 0.226 e. The average molecular weight is 385 g/mol. The molecule has 1 aromatic heterocycles. The molecule has 0 unspecified atom stereocenters. The van der Waals surface area contributed by atoms with Crippen molar-refractivity contribution in [2.75, 3.05) is 0 Å². The largest absolute Gasteiger partial charge is 0.444 e. The Morgan fingerprint density at radius 3 is 2.59 bits per heavy atom. The van der Waals surface area contributed by atoms with E-state index in [0.717, 1.165) is 17.7 Å². The van der Waals surface area contributed by atoms with E-state index in [0.29, 0.717) is 28.1 Å². The summed E-state index contributed by atoms with van der Waals surface area (Å²) in [7, 11) is 0. The summed E-state index contributed by atoms with van der Waals surface area (Å²) in [6, 6.07) is 13.6. The number of hydrogen-bond acceptors (Lipinski definition) is 4. The molecule has 0 aliphatic heterocycles. The molecule has 6 heteroatoms. The van der Waals surface area contributed by atoms with Gasteiger partial charge in [0.25, 0.3) is 0 Å². The number of hydrogen-bond donors (Lipinski definition) is 0. The van der Waals surface area contributed by atoms with Gasteiger partial charge in [-0.25, -0.2) is 9.37 Å². The molecule has 1 fully saturated rings. The SMILES string of the molecule is Fc1ccc(-c2nc(CON=C(CC3CC3)c3ccc(Cl)cc3)co2)cc1. The molecule has 4 nitrogen and oxygen atoms in total. The fourth-order valence-corrected chi connectivity index (χ4v) is 2.85. The maximum Gasteiger partial charge on any atom is 0.226 e. The van der Waals surface area contributed by atoms with Gasteiger partial charge in [-0.1, -0.05) is 28.9 Å². The molecule has 0 radical (unpaired) electrons. The lowest BCUT2D eigenvalue weighted by molar-refractivity contribution is 0.127. The minimum absolute atomic E-state index is 0.201. The topological polar surface area (TPSA) is 47.6 Å². The number of nitrogens with zero attached hydrogens (tertiary/aromatic N) is 2. The Labute approximate surface area is 161 Å². The molecule has 4 rings (SSSR count). The van der Waals surface area contributed by atoms with Crippen molar-refractivity contribution in [3.05, 3.63) is 76.9 Å². The van der Waals surface area contributed by atoms with Crippen molar-refractivity contribution in [1.29, 1.82) is 0 Å². The van der Waals surface area contributed by atoms with Crippen LogP contribution in [0.4, 0.5) is 4.39 Å². The molecular weight excluding hydrogens is 367 g/mol. The first-order valence-electron chi connectivity index (χ1n) is 8.82. The van der Waals surface area contributed by atoms with Crippen LogP contribution in [-0.2, 0) is 11.4 Å². The van der Waals surface area contributed by atoms with E-state index in [-0.39, 0.29) is 12.4 Å². The highest BCUT2D eigenvalue weighted by Gasteiger charge is 2.24. The van der Waals surface area contributed by atoms with Gasteiger partial charge in [-0.15, -0.1) is 0 Å².